The highest BCUT2D eigenvalue weighted by atomic mass is 35.5. The van der Waals surface area contributed by atoms with Crippen molar-refractivity contribution in [3.63, 3.8) is 0 Å². The van der Waals surface area contributed by atoms with E-state index in [0.717, 1.165) is 12.1 Å². The maximum absolute atomic E-state index is 12.1. The molecule has 66 valence electrons. The molecule has 0 spiro atoms. The normalized spacial score (nSPS) is 11.8. The molecule has 0 saturated heterocycles. The van der Waals surface area contributed by atoms with Gasteiger partial charge in [0.1, 0.15) is 0 Å². The Morgan fingerprint density at radius 2 is 1.83 bits per heavy atom. The highest BCUT2D eigenvalue weighted by molar-refractivity contribution is 6.31. The van der Waals surface area contributed by atoms with E-state index < -0.39 is 11.7 Å². The fraction of sp³-hybridized carbons (Fsp3) is 0.250. The zero-order valence-electron chi connectivity index (χ0n) is 6.24. The first-order chi connectivity index (χ1) is 5.41. The van der Waals surface area contributed by atoms with Crippen LogP contribution in [0, 0.1) is 6.92 Å². The van der Waals surface area contributed by atoms with Crippen molar-refractivity contribution < 1.29 is 13.2 Å². The Labute approximate surface area is 73.0 Å². The Bertz CT molecular complexity index is 291. The Morgan fingerprint density at radius 3 is 2.25 bits per heavy atom. The van der Waals surface area contributed by atoms with Crippen LogP contribution >= 0.6 is 11.6 Å². The van der Waals surface area contributed by atoms with Crippen molar-refractivity contribution in [1.29, 1.82) is 0 Å². The van der Waals surface area contributed by atoms with Gasteiger partial charge in [-0.15, -0.1) is 0 Å². The Kier molecular flexibility index (Phi) is 2.33. The molecule has 1 rings (SSSR count). The molecule has 0 saturated carbocycles. The van der Waals surface area contributed by atoms with Gasteiger partial charge in [0.25, 0.3) is 0 Å². The second-order valence-electron chi connectivity index (χ2n) is 2.46. The molecule has 0 aromatic heterocycles. The van der Waals surface area contributed by atoms with Crippen molar-refractivity contribution in [2.45, 2.75) is 13.1 Å². The molecule has 0 radical (unpaired) electrons. The summed E-state index contributed by atoms with van der Waals surface area (Å²) < 4.78 is 36.2. The van der Waals surface area contributed by atoms with E-state index in [9.17, 15) is 13.2 Å². The largest absolute Gasteiger partial charge is 0.416 e. The molecule has 4 heteroatoms. The van der Waals surface area contributed by atoms with Crippen LogP contribution in [-0.2, 0) is 6.18 Å². The Hall–Kier alpha value is -0.700. The van der Waals surface area contributed by atoms with E-state index in [1.54, 1.807) is 0 Å². The number of alkyl halides is 3. The maximum Gasteiger partial charge on any atom is 0.416 e. The van der Waals surface area contributed by atoms with Crippen molar-refractivity contribution in [2.75, 3.05) is 0 Å². The van der Waals surface area contributed by atoms with Gasteiger partial charge in [0, 0.05) is 5.02 Å². The van der Waals surface area contributed by atoms with E-state index in [1.165, 1.54) is 13.0 Å². The molecule has 0 nitrogen and oxygen atoms in total. The van der Waals surface area contributed by atoms with Gasteiger partial charge in [0.05, 0.1) is 5.56 Å². The van der Waals surface area contributed by atoms with Crippen molar-refractivity contribution in [1.82, 2.24) is 0 Å². The number of hydrogen-bond acceptors (Lipinski definition) is 0. The van der Waals surface area contributed by atoms with Gasteiger partial charge in [-0.1, -0.05) is 11.6 Å². The van der Waals surface area contributed by atoms with Crippen LogP contribution in [0.5, 0.6) is 0 Å². The minimum Gasteiger partial charge on any atom is -0.166 e. The molecule has 0 N–H and O–H groups in total. The summed E-state index contributed by atoms with van der Waals surface area (Å²) in [6.45, 7) is 1.54. The lowest BCUT2D eigenvalue weighted by molar-refractivity contribution is -0.137. The third kappa shape index (κ3) is 1.91. The predicted octanol–water partition coefficient (Wildman–Crippen LogP) is 3.67. The van der Waals surface area contributed by atoms with E-state index in [4.69, 9.17) is 11.6 Å². The molecular weight excluding hydrogens is 189 g/mol. The lowest BCUT2D eigenvalue weighted by atomic mass is 10.1. The van der Waals surface area contributed by atoms with Crippen molar-refractivity contribution in [3.05, 3.63) is 34.3 Å². The Morgan fingerprint density at radius 1 is 1.25 bits per heavy atom. The smallest absolute Gasteiger partial charge is 0.166 e. The minimum absolute atomic E-state index is 0.350. The fourth-order valence-corrected chi connectivity index (χ4v) is 0.939. The van der Waals surface area contributed by atoms with Crippen LogP contribution in [0.3, 0.4) is 0 Å². The number of halogens is 4. The number of aryl methyl sites for hydroxylation is 1. The summed E-state index contributed by atoms with van der Waals surface area (Å²) >= 11 is 5.56. The van der Waals surface area contributed by atoms with E-state index >= 15 is 0 Å². The maximum atomic E-state index is 12.1. The van der Waals surface area contributed by atoms with E-state index in [0.29, 0.717) is 10.6 Å². The van der Waals surface area contributed by atoms with Gasteiger partial charge in [0.2, 0.25) is 0 Å². The first-order valence-corrected chi connectivity index (χ1v) is 3.62. The fourth-order valence-electron chi connectivity index (χ4n) is 0.821. The van der Waals surface area contributed by atoms with Crippen LogP contribution in [0.4, 0.5) is 13.2 Å². The van der Waals surface area contributed by atoms with E-state index in [2.05, 4.69) is 0 Å². The summed E-state index contributed by atoms with van der Waals surface area (Å²) in [5.41, 5.74) is -0.226. The predicted molar refractivity (Wildman–Crippen MR) is 41.2 cm³/mol. The molecule has 0 aliphatic carbocycles. The molecule has 0 heterocycles. The van der Waals surface area contributed by atoms with Gasteiger partial charge in [-0.2, -0.15) is 13.2 Å². The lowest BCUT2D eigenvalue weighted by Crippen LogP contribution is -2.04. The molecule has 0 aliphatic heterocycles. The lowest BCUT2D eigenvalue weighted by Gasteiger charge is -2.07. The summed E-state index contributed by atoms with van der Waals surface area (Å²) in [4.78, 5) is 0. The van der Waals surface area contributed by atoms with Crippen LogP contribution in [0.25, 0.3) is 0 Å². The minimum atomic E-state index is -4.28. The van der Waals surface area contributed by atoms with Crippen molar-refractivity contribution >= 4 is 11.6 Å². The third-order valence-corrected chi connectivity index (χ3v) is 1.91. The topological polar surface area (TPSA) is 0 Å². The van der Waals surface area contributed by atoms with Crippen LogP contribution in [0.2, 0.25) is 5.02 Å². The molecular formula is C8H6ClF3. The molecule has 0 fully saturated rings. The second kappa shape index (κ2) is 2.98. The number of rotatable bonds is 0. The summed E-state index contributed by atoms with van der Waals surface area (Å²) in [6, 6.07) is 3.25. The van der Waals surface area contributed by atoms with Gasteiger partial charge < -0.3 is 0 Å². The molecule has 12 heavy (non-hydrogen) atoms. The Balaban J connectivity index is 3.14. The molecule has 0 bridgehead atoms. The van der Waals surface area contributed by atoms with Crippen LogP contribution in [-0.4, -0.2) is 0 Å². The van der Waals surface area contributed by atoms with Gasteiger partial charge in [-0.05, 0) is 30.7 Å². The number of benzene rings is 1. The zero-order chi connectivity index (χ0) is 9.35. The highest BCUT2D eigenvalue weighted by Gasteiger charge is 2.30. The van der Waals surface area contributed by atoms with Crippen LogP contribution < -0.4 is 0 Å². The van der Waals surface area contributed by atoms with Gasteiger partial charge in [-0.3, -0.25) is 0 Å². The first kappa shape index (κ1) is 9.39. The first-order valence-electron chi connectivity index (χ1n) is 3.24. The standard InChI is InChI=1S/C8H6ClF3/c1-5-4-6(8(10,11)12)2-3-7(5)9/h2-4H,1H3. The summed E-state index contributed by atoms with van der Waals surface area (Å²) in [7, 11) is 0. The quantitative estimate of drug-likeness (QED) is 0.591. The van der Waals surface area contributed by atoms with Gasteiger partial charge >= 0.3 is 6.18 Å². The van der Waals surface area contributed by atoms with Crippen LogP contribution in [0.15, 0.2) is 18.2 Å². The van der Waals surface area contributed by atoms with Gasteiger partial charge in [0.15, 0.2) is 0 Å². The molecule has 0 amide bonds. The third-order valence-electron chi connectivity index (χ3n) is 1.49. The summed E-state index contributed by atoms with van der Waals surface area (Å²) in [5.74, 6) is 0. The van der Waals surface area contributed by atoms with Crippen LogP contribution in [0.1, 0.15) is 11.1 Å². The summed E-state index contributed by atoms with van der Waals surface area (Å²) in [6.07, 6.45) is -4.28. The SMILES string of the molecule is Cc1cc(C(F)(F)F)ccc1Cl. The van der Waals surface area contributed by atoms with Crippen molar-refractivity contribution in [2.24, 2.45) is 0 Å². The molecule has 0 atom stereocenters. The molecule has 1 aromatic carbocycles. The average molecular weight is 195 g/mol. The van der Waals surface area contributed by atoms with E-state index in [-0.39, 0.29) is 0 Å². The monoisotopic (exact) mass is 194 g/mol. The zero-order valence-corrected chi connectivity index (χ0v) is 7.00. The highest BCUT2D eigenvalue weighted by Crippen LogP contribution is 2.31. The van der Waals surface area contributed by atoms with Gasteiger partial charge in [-0.25, -0.2) is 0 Å². The van der Waals surface area contributed by atoms with Crippen molar-refractivity contribution in [3.8, 4) is 0 Å². The molecule has 0 unspecified atom stereocenters. The second-order valence-corrected chi connectivity index (χ2v) is 2.87. The number of hydrogen-bond donors (Lipinski definition) is 0. The molecule has 0 aliphatic rings. The molecule has 1 aromatic rings. The summed E-state index contributed by atoms with van der Waals surface area (Å²) in [5, 5.41) is 0.350. The average Bonchev–Trinajstić information content (AvgIpc) is 1.92. The van der Waals surface area contributed by atoms with E-state index in [1.807, 2.05) is 0 Å².